The number of fused-ring (bicyclic) bond motifs is 1. The second kappa shape index (κ2) is 5.64. The predicted molar refractivity (Wildman–Crippen MR) is 87.1 cm³/mol. The fourth-order valence-corrected chi connectivity index (χ4v) is 2.79. The van der Waals surface area contributed by atoms with E-state index >= 15 is 0 Å². The van der Waals surface area contributed by atoms with Crippen molar-refractivity contribution >= 4 is 23.2 Å². The number of rotatable bonds is 1. The minimum Gasteiger partial charge on any atom is -0.324 e. The molecule has 4 heteroatoms. The fourth-order valence-electron chi connectivity index (χ4n) is 2.79. The number of benzene rings is 2. The van der Waals surface area contributed by atoms with E-state index in [1.165, 1.54) is 0 Å². The topological polar surface area (TPSA) is 49.4 Å². The molecule has 0 fully saturated rings. The fraction of sp³-hybridized carbons (Fsp3) is 0.222. The zero-order valence-electron chi connectivity index (χ0n) is 12.7. The van der Waals surface area contributed by atoms with Gasteiger partial charge < -0.3 is 10.2 Å². The van der Waals surface area contributed by atoms with Gasteiger partial charge in [-0.15, -0.1) is 0 Å². The van der Waals surface area contributed by atoms with Crippen molar-refractivity contribution in [2.75, 3.05) is 10.2 Å². The van der Waals surface area contributed by atoms with Gasteiger partial charge in [-0.1, -0.05) is 24.3 Å². The number of aryl methyl sites for hydroxylation is 1. The van der Waals surface area contributed by atoms with E-state index in [1.807, 2.05) is 50.2 Å². The molecular formula is C18H18N2O2. The zero-order chi connectivity index (χ0) is 15.7. The summed E-state index contributed by atoms with van der Waals surface area (Å²) in [6.45, 7) is 3.86. The third kappa shape index (κ3) is 2.60. The standard InChI is InChI=1S/C18H18N2O2/c1-12-8-9-16-15(10-12)19-17(21)11-13(2)20(16)18(22)14-6-4-3-5-7-14/h3-10,13H,11H2,1-2H3,(H,19,21). The Labute approximate surface area is 129 Å². The zero-order valence-corrected chi connectivity index (χ0v) is 12.7. The summed E-state index contributed by atoms with van der Waals surface area (Å²) in [5, 5.41) is 2.90. The molecule has 1 heterocycles. The van der Waals surface area contributed by atoms with Crippen molar-refractivity contribution < 1.29 is 9.59 Å². The summed E-state index contributed by atoms with van der Waals surface area (Å²) >= 11 is 0. The Kier molecular flexibility index (Phi) is 3.67. The third-order valence-electron chi connectivity index (χ3n) is 3.85. The van der Waals surface area contributed by atoms with E-state index in [4.69, 9.17) is 0 Å². The molecule has 2 aromatic rings. The highest BCUT2D eigenvalue weighted by molar-refractivity contribution is 6.11. The quantitative estimate of drug-likeness (QED) is 0.876. The highest BCUT2D eigenvalue weighted by Crippen LogP contribution is 2.33. The molecular weight excluding hydrogens is 276 g/mol. The van der Waals surface area contributed by atoms with E-state index in [0.717, 1.165) is 11.3 Å². The smallest absolute Gasteiger partial charge is 0.258 e. The summed E-state index contributed by atoms with van der Waals surface area (Å²) in [5.74, 6) is -0.155. The Morgan fingerprint density at radius 1 is 1.18 bits per heavy atom. The molecule has 1 unspecified atom stereocenters. The second-order valence-corrected chi connectivity index (χ2v) is 5.66. The van der Waals surface area contributed by atoms with Crippen molar-refractivity contribution in [2.45, 2.75) is 26.3 Å². The number of nitrogens with one attached hydrogen (secondary N) is 1. The van der Waals surface area contributed by atoms with E-state index in [2.05, 4.69) is 5.32 Å². The molecule has 112 valence electrons. The summed E-state index contributed by atoms with van der Waals surface area (Å²) in [7, 11) is 0. The first-order valence-corrected chi connectivity index (χ1v) is 7.35. The molecule has 0 radical (unpaired) electrons. The minimum atomic E-state index is -0.198. The average Bonchev–Trinajstić information content (AvgIpc) is 2.61. The molecule has 2 aromatic carbocycles. The van der Waals surface area contributed by atoms with Crippen LogP contribution in [0.2, 0.25) is 0 Å². The van der Waals surface area contributed by atoms with Crippen LogP contribution in [0.15, 0.2) is 48.5 Å². The molecule has 1 atom stereocenters. The molecule has 0 aliphatic carbocycles. The molecule has 22 heavy (non-hydrogen) atoms. The van der Waals surface area contributed by atoms with Gasteiger partial charge in [0, 0.05) is 18.0 Å². The van der Waals surface area contributed by atoms with E-state index in [9.17, 15) is 9.59 Å². The molecule has 0 bridgehead atoms. The Morgan fingerprint density at radius 3 is 2.64 bits per heavy atom. The lowest BCUT2D eigenvalue weighted by atomic mass is 10.1. The van der Waals surface area contributed by atoms with Crippen molar-refractivity contribution in [2.24, 2.45) is 0 Å². The number of carbonyl (C=O) groups is 2. The van der Waals surface area contributed by atoms with Crippen LogP contribution in [0.25, 0.3) is 0 Å². The summed E-state index contributed by atoms with van der Waals surface area (Å²) in [6.07, 6.45) is 0.284. The summed E-state index contributed by atoms with van der Waals surface area (Å²) in [4.78, 5) is 26.6. The molecule has 2 amide bonds. The van der Waals surface area contributed by atoms with Gasteiger partial charge >= 0.3 is 0 Å². The van der Waals surface area contributed by atoms with Gasteiger partial charge in [0.1, 0.15) is 0 Å². The SMILES string of the molecule is Cc1ccc2c(c1)NC(=O)CC(C)N2C(=O)c1ccccc1. The molecule has 0 saturated heterocycles. The van der Waals surface area contributed by atoms with Crippen LogP contribution in [0.1, 0.15) is 29.3 Å². The van der Waals surface area contributed by atoms with E-state index in [-0.39, 0.29) is 24.3 Å². The summed E-state index contributed by atoms with van der Waals surface area (Å²) in [6, 6.07) is 14.7. The average molecular weight is 294 g/mol. The Hall–Kier alpha value is -2.62. The maximum Gasteiger partial charge on any atom is 0.258 e. The van der Waals surface area contributed by atoms with Crippen LogP contribution in [0.5, 0.6) is 0 Å². The van der Waals surface area contributed by atoms with Gasteiger partial charge in [-0.05, 0) is 43.7 Å². The highest BCUT2D eigenvalue weighted by atomic mass is 16.2. The molecule has 4 nitrogen and oxygen atoms in total. The maximum atomic E-state index is 12.9. The van der Waals surface area contributed by atoms with Crippen LogP contribution < -0.4 is 10.2 Å². The van der Waals surface area contributed by atoms with Crippen molar-refractivity contribution in [3.8, 4) is 0 Å². The largest absolute Gasteiger partial charge is 0.324 e. The van der Waals surface area contributed by atoms with E-state index in [1.54, 1.807) is 17.0 Å². The molecule has 1 aliphatic rings. The van der Waals surface area contributed by atoms with Crippen molar-refractivity contribution in [3.63, 3.8) is 0 Å². The van der Waals surface area contributed by atoms with Gasteiger partial charge in [0.05, 0.1) is 11.4 Å². The van der Waals surface area contributed by atoms with Gasteiger partial charge in [-0.2, -0.15) is 0 Å². The lowest BCUT2D eigenvalue weighted by Crippen LogP contribution is -2.39. The van der Waals surface area contributed by atoms with Crippen LogP contribution in [0.4, 0.5) is 11.4 Å². The summed E-state index contributed by atoms with van der Waals surface area (Å²) in [5.41, 5.74) is 3.10. The monoisotopic (exact) mass is 294 g/mol. The third-order valence-corrected chi connectivity index (χ3v) is 3.85. The summed E-state index contributed by atoms with van der Waals surface area (Å²) < 4.78 is 0. The van der Waals surface area contributed by atoms with Crippen molar-refractivity contribution in [1.29, 1.82) is 0 Å². The van der Waals surface area contributed by atoms with Crippen molar-refractivity contribution in [3.05, 3.63) is 59.7 Å². The molecule has 1 N–H and O–H groups in total. The number of anilines is 2. The molecule has 3 rings (SSSR count). The lowest BCUT2D eigenvalue weighted by molar-refractivity contribution is -0.116. The lowest BCUT2D eigenvalue weighted by Gasteiger charge is -2.28. The number of nitrogens with zero attached hydrogens (tertiary/aromatic N) is 1. The first kappa shape index (κ1) is 14.3. The Morgan fingerprint density at radius 2 is 1.91 bits per heavy atom. The van der Waals surface area contributed by atoms with E-state index < -0.39 is 0 Å². The predicted octanol–water partition coefficient (Wildman–Crippen LogP) is 3.37. The van der Waals surface area contributed by atoms with E-state index in [0.29, 0.717) is 11.3 Å². The van der Waals surface area contributed by atoms with Crippen LogP contribution in [0, 0.1) is 6.92 Å². The Balaban J connectivity index is 2.09. The molecule has 1 aliphatic heterocycles. The second-order valence-electron chi connectivity index (χ2n) is 5.66. The number of hydrogen-bond donors (Lipinski definition) is 1. The number of hydrogen-bond acceptors (Lipinski definition) is 2. The Bertz CT molecular complexity index is 725. The van der Waals surface area contributed by atoms with Gasteiger partial charge in [0.15, 0.2) is 0 Å². The van der Waals surface area contributed by atoms with Crippen LogP contribution in [-0.4, -0.2) is 17.9 Å². The van der Waals surface area contributed by atoms with Gasteiger partial charge in [0.25, 0.3) is 5.91 Å². The first-order chi connectivity index (χ1) is 10.6. The van der Waals surface area contributed by atoms with Crippen LogP contribution >= 0.6 is 0 Å². The van der Waals surface area contributed by atoms with Gasteiger partial charge in [-0.3, -0.25) is 9.59 Å². The van der Waals surface area contributed by atoms with Crippen LogP contribution in [-0.2, 0) is 4.79 Å². The molecule has 0 saturated carbocycles. The minimum absolute atomic E-state index is 0.0669. The van der Waals surface area contributed by atoms with Crippen LogP contribution in [0.3, 0.4) is 0 Å². The highest BCUT2D eigenvalue weighted by Gasteiger charge is 2.30. The molecule has 0 spiro atoms. The number of amides is 2. The molecule has 0 aromatic heterocycles. The van der Waals surface area contributed by atoms with Gasteiger partial charge in [-0.25, -0.2) is 0 Å². The number of carbonyl (C=O) groups excluding carboxylic acids is 2. The maximum absolute atomic E-state index is 12.9. The van der Waals surface area contributed by atoms with Gasteiger partial charge in [0.2, 0.25) is 5.91 Å². The normalized spacial score (nSPS) is 17.5. The first-order valence-electron chi connectivity index (χ1n) is 7.35. The van der Waals surface area contributed by atoms with Crippen molar-refractivity contribution in [1.82, 2.24) is 0 Å².